The van der Waals surface area contributed by atoms with Crippen molar-refractivity contribution >= 4 is 23.2 Å². The van der Waals surface area contributed by atoms with Crippen LogP contribution in [0.1, 0.15) is 25.8 Å². The molecule has 5 nitrogen and oxygen atoms in total. The van der Waals surface area contributed by atoms with Crippen LogP contribution in [0.5, 0.6) is 17.4 Å². The van der Waals surface area contributed by atoms with Crippen LogP contribution in [-0.2, 0) is 15.8 Å². The highest BCUT2D eigenvalue weighted by Crippen LogP contribution is 2.39. The first-order chi connectivity index (χ1) is 12.6. The van der Waals surface area contributed by atoms with Crippen molar-refractivity contribution in [2.24, 2.45) is 0 Å². The number of ketones is 2. The second-order valence-corrected chi connectivity index (χ2v) is 6.03. The average Bonchev–Trinajstić information content (AvgIpc) is 2.56. The monoisotopic (exact) mass is 401 g/mol. The number of carbonyl (C=O) groups excluding carboxylic acids is 2. The number of hydrogen-bond acceptors (Lipinski definition) is 5. The quantitative estimate of drug-likeness (QED) is 0.620. The molecule has 27 heavy (non-hydrogen) atoms. The van der Waals surface area contributed by atoms with Gasteiger partial charge in [0, 0.05) is 6.20 Å². The van der Waals surface area contributed by atoms with Crippen LogP contribution in [0.25, 0.3) is 0 Å². The highest BCUT2D eigenvalue weighted by Gasteiger charge is 2.34. The zero-order valence-electron chi connectivity index (χ0n) is 14.3. The predicted octanol–water partition coefficient (Wildman–Crippen LogP) is 4.86. The Morgan fingerprint density at radius 1 is 1.15 bits per heavy atom. The Morgan fingerprint density at radius 3 is 2.30 bits per heavy atom. The molecule has 0 saturated heterocycles. The molecule has 0 bridgehead atoms. The van der Waals surface area contributed by atoms with Gasteiger partial charge in [0.15, 0.2) is 11.9 Å². The average molecular weight is 402 g/mol. The Bertz CT molecular complexity index is 837. The number of rotatable bonds is 7. The molecule has 1 atom stereocenters. The minimum atomic E-state index is -4.63. The van der Waals surface area contributed by atoms with Crippen LogP contribution in [0.15, 0.2) is 36.5 Å². The van der Waals surface area contributed by atoms with Crippen LogP contribution in [0.2, 0.25) is 5.02 Å². The lowest BCUT2D eigenvalue weighted by atomic mass is 10.1. The number of benzene rings is 1. The Balaban J connectivity index is 2.08. The molecule has 1 heterocycles. The van der Waals surface area contributed by atoms with Crippen molar-refractivity contribution in [2.75, 3.05) is 0 Å². The maximum Gasteiger partial charge on any atom is 0.418 e. The molecular formula is C18H15ClF3NO4. The van der Waals surface area contributed by atoms with Crippen molar-refractivity contribution in [2.45, 2.75) is 32.5 Å². The largest absolute Gasteiger partial charge is 0.483 e. The number of carbonyl (C=O) groups is 2. The number of alkyl halides is 3. The number of nitrogens with zero attached hydrogens (tertiary/aromatic N) is 1. The van der Waals surface area contributed by atoms with Gasteiger partial charge in [-0.3, -0.25) is 9.59 Å². The zero-order valence-corrected chi connectivity index (χ0v) is 15.1. The third-order valence-corrected chi connectivity index (χ3v) is 3.76. The molecule has 2 rings (SSSR count). The molecule has 0 radical (unpaired) electrons. The molecule has 0 spiro atoms. The van der Waals surface area contributed by atoms with Crippen molar-refractivity contribution in [3.05, 3.63) is 47.1 Å². The molecule has 2 aromatic rings. The molecule has 1 aromatic carbocycles. The van der Waals surface area contributed by atoms with Gasteiger partial charge >= 0.3 is 6.18 Å². The summed E-state index contributed by atoms with van der Waals surface area (Å²) in [7, 11) is 0. The number of ether oxygens (including phenoxy) is 2. The summed E-state index contributed by atoms with van der Waals surface area (Å²) in [5, 5.41) is -0.645. The Morgan fingerprint density at radius 2 is 1.74 bits per heavy atom. The summed E-state index contributed by atoms with van der Waals surface area (Å²) in [6, 6.07) is 6.54. The second kappa shape index (κ2) is 8.39. The maximum atomic E-state index is 12.9. The Kier molecular flexibility index (Phi) is 6.43. The van der Waals surface area contributed by atoms with Crippen LogP contribution >= 0.6 is 11.6 Å². The van der Waals surface area contributed by atoms with Gasteiger partial charge in [0.2, 0.25) is 5.88 Å². The molecule has 0 aliphatic rings. The van der Waals surface area contributed by atoms with Gasteiger partial charge in [0.25, 0.3) is 0 Å². The molecule has 0 aliphatic carbocycles. The summed E-state index contributed by atoms with van der Waals surface area (Å²) < 4.78 is 49.3. The molecule has 0 aliphatic heterocycles. The first-order valence-corrected chi connectivity index (χ1v) is 8.14. The van der Waals surface area contributed by atoms with Crippen LogP contribution in [0.3, 0.4) is 0 Å². The van der Waals surface area contributed by atoms with E-state index < -0.39 is 22.9 Å². The minimum Gasteiger partial charge on any atom is -0.483 e. The van der Waals surface area contributed by atoms with Crippen molar-refractivity contribution in [1.29, 1.82) is 0 Å². The topological polar surface area (TPSA) is 65.5 Å². The van der Waals surface area contributed by atoms with Gasteiger partial charge in [-0.1, -0.05) is 11.6 Å². The van der Waals surface area contributed by atoms with Crippen LogP contribution in [0, 0.1) is 0 Å². The first kappa shape index (κ1) is 20.7. The normalized spacial score (nSPS) is 12.4. The van der Waals surface area contributed by atoms with E-state index in [0.717, 1.165) is 12.3 Å². The highest BCUT2D eigenvalue weighted by molar-refractivity contribution is 6.32. The SMILES string of the molecule is CC(=O)CC(=O)[C@@H](C)Oc1ccc(Oc2nccc(C(F)(F)F)c2Cl)cc1. The van der Waals surface area contributed by atoms with Gasteiger partial charge in [-0.15, -0.1) is 0 Å². The Hall–Kier alpha value is -2.61. The standard InChI is InChI=1S/C18H15ClF3NO4/c1-10(24)9-15(25)11(2)26-12-3-5-13(6-4-12)27-17-16(19)14(7-8-23-17)18(20,21)22/h3-8,11H,9H2,1-2H3/t11-/m1/s1. The summed E-state index contributed by atoms with van der Waals surface area (Å²) in [5.41, 5.74) is -1.05. The summed E-state index contributed by atoms with van der Waals surface area (Å²) in [6.07, 6.45) is -4.72. The van der Waals surface area contributed by atoms with E-state index >= 15 is 0 Å². The third kappa shape index (κ3) is 5.68. The molecule has 0 saturated carbocycles. The first-order valence-electron chi connectivity index (χ1n) is 7.76. The van der Waals surface area contributed by atoms with E-state index in [1.165, 1.54) is 38.1 Å². The molecule has 9 heteroatoms. The van der Waals surface area contributed by atoms with Gasteiger partial charge in [0.05, 0.1) is 12.0 Å². The molecule has 0 unspecified atom stereocenters. The van der Waals surface area contributed by atoms with E-state index in [1.807, 2.05) is 0 Å². The lowest BCUT2D eigenvalue weighted by molar-refractivity contribution is -0.137. The summed E-state index contributed by atoms with van der Waals surface area (Å²) in [6.45, 7) is 2.83. The summed E-state index contributed by atoms with van der Waals surface area (Å²) in [4.78, 5) is 26.4. The van der Waals surface area contributed by atoms with E-state index in [-0.39, 0.29) is 29.6 Å². The van der Waals surface area contributed by atoms with E-state index in [2.05, 4.69) is 4.98 Å². The third-order valence-electron chi connectivity index (χ3n) is 3.39. The molecule has 144 valence electrons. The van der Waals surface area contributed by atoms with E-state index in [9.17, 15) is 22.8 Å². The lowest BCUT2D eigenvalue weighted by Gasteiger charge is -2.14. The highest BCUT2D eigenvalue weighted by atomic mass is 35.5. The van der Waals surface area contributed by atoms with Crippen molar-refractivity contribution < 1.29 is 32.2 Å². The van der Waals surface area contributed by atoms with Gasteiger partial charge in [0.1, 0.15) is 22.3 Å². The molecule has 1 aromatic heterocycles. The molecule has 0 N–H and O–H groups in total. The van der Waals surface area contributed by atoms with E-state index in [4.69, 9.17) is 21.1 Å². The maximum absolute atomic E-state index is 12.9. The van der Waals surface area contributed by atoms with Crippen molar-refractivity contribution in [3.63, 3.8) is 0 Å². The van der Waals surface area contributed by atoms with Crippen molar-refractivity contribution in [1.82, 2.24) is 4.98 Å². The Labute approximate surface area is 158 Å². The van der Waals surface area contributed by atoms with E-state index in [1.54, 1.807) is 0 Å². The van der Waals surface area contributed by atoms with Crippen molar-refractivity contribution in [3.8, 4) is 17.4 Å². The zero-order chi connectivity index (χ0) is 20.2. The number of Topliss-reactive ketones (excluding diaryl/α,β-unsaturated/α-hetero) is 2. The number of pyridine rings is 1. The van der Waals surface area contributed by atoms with Crippen LogP contribution in [-0.4, -0.2) is 22.7 Å². The number of halogens is 4. The smallest absolute Gasteiger partial charge is 0.418 e. The van der Waals surface area contributed by atoms with Gasteiger partial charge in [-0.25, -0.2) is 4.98 Å². The minimum absolute atomic E-state index is 0.179. The second-order valence-electron chi connectivity index (χ2n) is 5.65. The van der Waals surface area contributed by atoms with Gasteiger partial charge in [-0.2, -0.15) is 13.2 Å². The predicted molar refractivity (Wildman–Crippen MR) is 91.2 cm³/mol. The van der Waals surface area contributed by atoms with Gasteiger partial charge in [-0.05, 0) is 44.2 Å². The van der Waals surface area contributed by atoms with Gasteiger partial charge < -0.3 is 9.47 Å². The fraction of sp³-hybridized carbons (Fsp3) is 0.278. The lowest BCUT2D eigenvalue weighted by Crippen LogP contribution is -2.25. The van der Waals surface area contributed by atoms with Crippen LogP contribution in [0.4, 0.5) is 13.2 Å². The summed E-state index contributed by atoms with van der Waals surface area (Å²) in [5.74, 6) is -0.494. The molecular weight excluding hydrogens is 387 g/mol. The number of aromatic nitrogens is 1. The fourth-order valence-corrected chi connectivity index (χ4v) is 2.33. The molecule has 0 fully saturated rings. The summed E-state index contributed by atoms with van der Waals surface area (Å²) >= 11 is 5.72. The number of hydrogen-bond donors (Lipinski definition) is 0. The van der Waals surface area contributed by atoms with Crippen LogP contribution < -0.4 is 9.47 Å². The fourth-order valence-electron chi connectivity index (χ4n) is 2.07. The molecule has 0 amide bonds. The van der Waals surface area contributed by atoms with E-state index in [0.29, 0.717) is 5.75 Å².